The number of thiophene rings is 1. The molecule has 1 fully saturated rings. The summed E-state index contributed by atoms with van der Waals surface area (Å²) in [5, 5.41) is 11.1. The van der Waals surface area contributed by atoms with Crippen molar-refractivity contribution < 1.29 is 9.59 Å². The van der Waals surface area contributed by atoms with Crippen molar-refractivity contribution in [1.82, 2.24) is 16.0 Å². The lowest BCUT2D eigenvalue weighted by Gasteiger charge is -2.35. The van der Waals surface area contributed by atoms with Gasteiger partial charge in [0.05, 0.1) is 5.56 Å². The molecule has 3 N–H and O–H groups in total. The van der Waals surface area contributed by atoms with Crippen LogP contribution >= 0.6 is 11.3 Å². The molecule has 3 amide bonds. The quantitative estimate of drug-likeness (QED) is 0.655. The lowest BCUT2D eigenvalue weighted by molar-refractivity contribution is 0.0954. The Balaban J connectivity index is 1.53. The molecule has 30 heavy (non-hydrogen) atoms. The lowest BCUT2D eigenvalue weighted by Crippen LogP contribution is -2.52. The maximum atomic E-state index is 12.8. The van der Waals surface area contributed by atoms with Crippen LogP contribution in [-0.2, 0) is 6.42 Å². The fraction of sp³-hybridized carbons (Fsp3) is 0.478. The van der Waals surface area contributed by atoms with Gasteiger partial charge < -0.3 is 20.9 Å². The van der Waals surface area contributed by atoms with Crippen LogP contribution in [0.3, 0.4) is 0 Å². The zero-order valence-electron chi connectivity index (χ0n) is 18.0. The van der Waals surface area contributed by atoms with Crippen molar-refractivity contribution in [2.24, 2.45) is 0 Å². The fourth-order valence-electron chi connectivity index (χ4n) is 3.62. The van der Waals surface area contributed by atoms with Gasteiger partial charge in [-0.1, -0.05) is 18.2 Å². The summed E-state index contributed by atoms with van der Waals surface area (Å²) < 4.78 is 0. The highest BCUT2D eigenvalue weighted by atomic mass is 32.1. The molecule has 1 aromatic carbocycles. The molecule has 7 heteroatoms. The summed E-state index contributed by atoms with van der Waals surface area (Å²) in [7, 11) is 0. The lowest BCUT2D eigenvalue weighted by atomic mass is 10.0. The summed E-state index contributed by atoms with van der Waals surface area (Å²) >= 11 is 1.71. The van der Waals surface area contributed by atoms with Gasteiger partial charge in [0.25, 0.3) is 5.91 Å². The van der Waals surface area contributed by atoms with E-state index in [9.17, 15) is 9.59 Å². The molecule has 0 atom stereocenters. The molecule has 0 spiro atoms. The normalized spacial score (nSPS) is 15.0. The fourth-order valence-corrected chi connectivity index (χ4v) is 4.33. The van der Waals surface area contributed by atoms with Crippen LogP contribution in [0.15, 0.2) is 41.8 Å². The first-order valence-electron chi connectivity index (χ1n) is 10.5. The van der Waals surface area contributed by atoms with Crippen LogP contribution in [0.1, 0.15) is 48.8 Å². The summed E-state index contributed by atoms with van der Waals surface area (Å²) in [6, 6.07) is 11.9. The smallest absolute Gasteiger partial charge is 0.315 e. The van der Waals surface area contributed by atoms with E-state index in [1.54, 1.807) is 11.3 Å². The number of para-hydroxylation sites is 1. The zero-order chi connectivity index (χ0) is 21.6. The van der Waals surface area contributed by atoms with E-state index < -0.39 is 0 Å². The molecule has 1 aliphatic rings. The number of piperidine rings is 1. The Bertz CT molecular complexity index is 837. The van der Waals surface area contributed by atoms with Crippen molar-refractivity contribution in [3.63, 3.8) is 0 Å². The number of urea groups is 1. The molecule has 2 heterocycles. The minimum Gasteiger partial charge on any atom is -0.371 e. The van der Waals surface area contributed by atoms with Gasteiger partial charge >= 0.3 is 6.03 Å². The van der Waals surface area contributed by atoms with Crippen LogP contribution in [0.25, 0.3) is 0 Å². The molecule has 0 aliphatic carbocycles. The topological polar surface area (TPSA) is 73.5 Å². The summed E-state index contributed by atoms with van der Waals surface area (Å²) in [6.07, 6.45) is 2.55. The van der Waals surface area contributed by atoms with Crippen molar-refractivity contribution >= 4 is 29.0 Å². The Morgan fingerprint density at radius 3 is 2.50 bits per heavy atom. The molecule has 3 rings (SSSR count). The molecule has 6 nitrogen and oxygen atoms in total. The van der Waals surface area contributed by atoms with Gasteiger partial charge in [-0.3, -0.25) is 4.79 Å². The average molecular weight is 429 g/mol. The third kappa shape index (κ3) is 6.49. The molecule has 1 saturated heterocycles. The van der Waals surface area contributed by atoms with Crippen LogP contribution in [0.2, 0.25) is 0 Å². The Morgan fingerprint density at radius 1 is 1.10 bits per heavy atom. The van der Waals surface area contributed by atoms with Gasteiger partial charge in [0, 0.05) is 41.8 Å². The number of anilines is 1. The number of nitrogens with one attached hydrogen (secondary N) is 3. The maximum Gasteiger partial charge on any atom is 0.315 e. The molecule has 0 saturated carbocycles. The Hall–Kier alpha value is -2.54. The largest absolute Gasteiger partial charge is 0.371 e. The highest BCUT2D eigenvalue weighted by Gasteiger charge is 2.24. The summed E-state index contributed by atoms with van der Waals surface area (Å²) in [5.41, 5.74) is 1.42. The summed E-state index contributed by atoms with van der Waals surface area (Å²) in [6.45, 7) is 8.15. The first-order valence-corrected chi connectivity index (χ1v) is 11.4. The second-order valence-electron chi connectivity index (χ2n) is 8.71. The highest BCUT2D eigenvalue weighted by molar-refractivity contribution is 7.09. The van der Waals surface area contributed by atoms with E-state index in [0.717, 1.165) is 38.0 Å². The maximum absolute atomic E-state index is 12.8. The standard InChI is InChI=1S/C23H32N4O2S/c1-23(2,3)26-22(29)25-17-11-14-27(15-12-17)20-9-5-4-8-19(20)21(28)24-13-10-18-7-6-16-30-18/h4-9,16-17H,10-15H2,1-3H3,(H,24,28)(H2,25,26,29). The van der Waals surface area contributed by atoms with Crippen LogP contribution in [0, 0.1) is 0 Å². The van der Waals surface area contributed by atoms with E-state index in [4.69, 9.17) is 0 Å². The van der Waals surface area contributed by atoms with Gasteiger partial charge in [-0.05, 0) is 63.6 Å². The number of rotatable bonds is 6. The van der Waals surface area contributed by atoms with E-state index in [2.05, 4.69) is 32.3 Å². The Labute approximate surface area is 183 Å². The number of carbonyl (C=O) groups is 2. The van der Waals surface area contributed by atoms with Crippen molar-refractivity contribution in [3.8, 4) is 0 Å². The van der Waals surface area contributed by atoms with E-state index in [0.29, 0.717) is 12.1 Å². The third-order valence-corrected chi connectivity index (χ3v) is 5.98. The predicted molar refractivity (Wildman–Crippen MR) is 123 cm³/mol. The molecule has 0 radical (unpaired) electrons. The van der Waals surface area contributed by atoms with Crippen molar-refractivity contribution in [3.05, 3.63) is 52.2 Å². The number of nitrogens with zero attached hydrogens (tertiary/aromatic N) is 1. The molecule has 1 aromatic heterocycles. The van der Waals surface area contributed by atoms with Crippen LogP contribution < -0.4 is 20.9 Å². The van der Waals surface area contributed by atoms with E-state index in [1.165, 1.54) is 4.88 Å². The van der Waals surface area contributed by atoms with Gasteiger partial charge in [0.15, 0.2) is 0 Å². The third-order valence-electron chi connectivity index (χ3n) is 5.05. The second kappa shape index (κ2) is 9.98. The van der Waals surface area contributed by atoms with E-state index in [1.807, 2.05) is 51.1 Å². The zero-order valence-corrected chi connectivity index (χ0v) is 18.8. The Kier molecular flexibility index (Phi) is 7.37. The SMILES string of the molecule is CC(C)(C)NC(=O)NC1CCN(c2ccccc2C(=O)NCCc2cccs2)CC1. The monoisotopic (exact) mass is 428 g/mol. The van der Waals surface area contributed by atoms with Crippen LogP contribution in [0.4, 0.5) is 10.5 Å². The molecule has 0 unspecified atom stereocenters. The first-order chi connectivity index (χ1) is 14.3. The number of carbonyl (C=O) groups excluding carboxylic acids is 2. The van der Waals surface area contributed by atoms with Gasteiger partial charge in [0.2, 0.25) is 0 Å². The van der Waals surface area contributed by atoms with Gasteiger partial charge in [-0.15, -0.1) is 11.3 Å². The number of hydrogen-bond donors (Lipinski definition) is 3. The molecule has 162 valence electrons. The van der Waals surface area contributed by atoms with Gasteiger partial charge in [-0.25, -0.2) is 4.79 Å². The molecular formula is C23H32N4O2S. The van der Waals surface area contributed by atoms with Crippen LogP contribution in [0.5, 0.6) is 0 Å². The number of hydrogen-bond acceptors (Lipinski definition) is 4. The van der Waals surface area contributed by atoms with E-state index in [-0.39, 0.29) is 23.5 Å². The summed E-state index contributed by atoms with van der Waals surface area (Å²) in [5.74, 6) is -0.0352. The second-order valence-corrected chi connectivity index (χ2v) is 9.74. The number of amides is 3. The average Bonchev–Trinajstić information content (AvgIpc) is 3.20. The van der Waals surface area contributed by atoms with Crippen molar-refractivity contribution in [1.29, 1.82) is 0 Å². The minimum atomic E-state index is -0.249. The summed E-state index contributed by atoms with van der Waals surface area (Å²) in [4.78, 5) is 28.4. The minimum absolute atomic E-state index is 0.0352. The van der Waals surface area contributed by atoms with Gasteiger partial charge in [0.1, 0.15) is 0 Å². The number of benzene rings is 1. The van der Waals surface area contributed by atoms with Crippen molar-refractivity contribution in [2.75, 3.05) is 24.5 Å². The first kappa shape index (κ1) is 22.2. The van der Waals surface area contributed by atoms with E-state index >= 15 is 0 Å². The van der Waals surface area contributed by atoms with Crippen molar-refractivity contribution in [2.45, 2.75) is 51.6 Å². The van der Waals surface area contributed by atoms with Gasteiger partial charge in [-0.2, -0.15) is 0 Å². The molecule has 1 aliphatic heterocycles. The predicted octanol–water partition coefficient (Wildman–Crippen LogP) is 3.79. The van der Waals surface area contributed by atoms with Crippen LogP contribution in [-0.4, -0.2) is 43.2 Å². The molecule has 0 bridgehead atoms. The molecular weight excluding hydrogens is 396 g/mol. The highest BCUT2D eigenvalue weighted by Crippen LogP contribution is 2.24. The molecule has 2 aromatic rings. The Morgan fingerprint density at radius 2 is 1.83 bits per heavy atom.